The van der Waals surface area contributed by atoms with Crippen LogP contribution in [-0.4, -0.2) is 5.91 Å². The second-order valence-corrected chi connectivity index (χ2v) is 5.77. The highest BCUT2D eigenvalue weighted by Crippen LogP contribution is 2.21. The Kier molecular flexibility index (Phi) is 4.78. The molecule has 0 atom stereocenters. The first-order chi connectivity index (χ1) is 9.45. The van der Waals surface area contributed by atoms with Gasteiger partial charge in [-0.15, -0.1) is 0 Å². The van der Waals surface area contributed by atoms with Crippen LogP contribution in [0, 0.1) is 12.7 Å². The number of anilines is 1. The van der Waals surface area contributed by atoms with Crippen LogP contribution in [0.3, 0.4) is 0 Å². The molecule has 2 aromatic rings. The van der Waals surface area contributed by atoms with E-state index in [1.165, 1.54) is 6.07 Å². The third-order valence-corrected chi connectivity index (χ3v) is 3.56. The highest BCUT2D eigenvalue weighted by Gasteiger charge is 2.10. The van der Waals surface area contributed by atoms with E-state index in [-0.39, 0.29) is 12.3 Å². The average molecular weight is 357 g/mol. The van der Waals surface area contributed by atoms with Crippen molar-refractivity contribution in [2.75, 3.05) is 5.32 Å². The Bertz CT molecular complexity index is 605. The van der Waals surface area contributed by atoms with Crippen LogP contribution in [0.25, 0.3) is 0 Å². The maximum absolute atomic E-state index is 13.6. The highest BCUT2D eigenvalue weighted by atomic mass is 79.9. The summed E-state index contributed by atoms with van der Waals surface area (Å²) in [6.07, 6.45) is -0.0305. The Morgan fingerprint density at radius 3 is 2.80 bits per heavy atom. The van der Waals surface area contributed by atoms with Crippen molar-refractivity contribution in [3.63, 3.8) is 0 Å². The first kappa shape index (κ1) is 15.0. The van der Waals surface area contributed by atoms with Gasteiger partial charge < -0.3 is 5.32 Å². The van der Waals surface area contributed by atoms with E-state index in [0.29, 0.717) is 16.3 Å². The van der Waals surface area contributed by atoms with E-state index in [4.69, 9.17) is 11.6 Å². The smallest absolute Gasteiger partial charge is 0.228 e. The van der Waals surface area contributed by atoms with Crippen LogP contribution in [0.4, 0.5) is 10.1 Å². The van der Waals surface area contributed by atoms with Crippen molar-refractivity contribution < 1.29 is 9.18 Å². The molecular formula is C15H12BrClFNO. The summed E-state index contributed by atoms with van der Waals surface area (Å²) in [4.78, 5) is 12.0. The van der Waals surface area contributed by atoms with E-state index < -0.39 is 5.82 Å². The normalized spacial score (nSPS) is 10.4. The summed E-state index contributed by atoms with van der Waals surface area (Å²) in [5.74, 6) is -0.682. The monoisotopic (exact) mass is 355 g/mol. The van der Waals surface area contributed by atoms with Gasteiger partial charge in [0.2, 0.25) is 5.91 Å². The zero-order valence-electron chi connectivity index (χ0n) is 10.7. The molecule has 0 bridgehead atoms. The first-order valence-electron chi connectivity index (χ1n) is 5.95. The van der Waals surface area contributed by atoms with Gasteiger partial charge in [-0.3, -0.25) is 4.79 Å². The third kappa shape index (κ3) is 3.81. The molecule has 0 aliphatic heterocycles. The van der Waals surface area contributed by atoms with Crippen molar-refractivity contribution in [3.05, 3.63) is 62.8 Å². The first-order valence-corrected chi connectivity index (χ1v) is 7.13. The second kappa shape index (κ2) is 6.37. The highest BCUT2D eigenvalue weighted by molar-refractivity contribution is 9.10. The lowest BCUT2D eigenvalue weighted by molar-refractivity contribution is -0.115. The summed E-state index contributed by atoms with van der Waals surface area (Å²) in [5, 5.41) is 3.28. The van der Waals surface area contributed by atoms with Crippen LogP contribution in [0.1, 0.15) is 11.1 Å². The number of benzene rings is 2. The van der Waals surface area contributed by atoms with Gasteiger partial charge in [0.15, 0.2) is 0 Å². The SMILES string of the molecule is Cc1ccc(Cl)cc1NC(=O)Cc1cc(Br)ccc1F. The summed E-state index contributed by atoms with van der Waals surface area (Å²) in [6, 6.07) is 9.76. The molecule has 0 spiro atoms. The van der Waals surface area contributed by atoms with Crippen LogP contribution in [0.5, 0.6) is 0 Å². The lowest BCUT2D eigenvalue weighted by Crippen LogP contribution is -2.16. The molecule has 0 aliphatic rings. The number of carbonyl (C=O) groups excluding carboxylic acids is 1. The molecule has 1 amide bonds. The van der Waals surface area contributed by atoms with Crippen molar-refractivity contribution in [3.8, 4) is 0 Å². The molecular weight excluding hydrogens is 345 g/mol. The molecule has 2 rings (SSSR count). The van der Waals surface area contributed by atoms with Gasteiger partial charge in [0.1, 0.15) is 5.82 Å². The number of aryl methyl sites for hydroxylation is 1. The van der Waals surface area contributed by atoms with Gasteiger partial charge in [0.05, 0.1) is 6.42 Å². The van der Waals surface area contributed by atoms with Gasteiger partial charge in [-0.25, -0.2) is 4.39 Å². The topological polar surface area (TPSA) is 29.1 Å². The number of rotatable bonds is 3. The molecule has 0 radical (unpaired) electrons. The van der Waals surface area contributed by atoms with Gasteiger partial charge in [0.25, 0.3) is 0 Å². The predicted octanol–water partition coefficient (Wildman–Crippen LogP) is 4.73. The lowest BCUT2D eigenvalue weighted by Gasteiger charge is -2.09. The van der Waals surface area contributed by atoms with Gasteiger partial charge >= 0.3 is 0 Å². The van der Waals surface area contributed by atoms with Crippen molar-refractivity contribution in [2.24, 2.45) is 0 Å². The Morgan fingerprint density at radius 2 is 2.05 bits per heavy atom. The van der Waals surface area contributed by atoms with E-state index in [1.807, 2.05) is 13.0 Å². The van der Waals surface area contributed by atoms with Crippen LogP contribution in [0.2, 0.25) is 5.02 Å². The van der Waals surface area contributed by atoms with Crippen molar-refractivity contribution in [1.29, 1.82) is 0 Å². The Morgan fingerprint density at radius 1 is 1.30 bits per heavy atom. The van der Waals surface area contributed by atoms with E-state index in [0.717, 1.165) is 10.0 Å². The fraction of sp³-hybridized carbons (Fsp3) is 0.133. The zero-order valence-corrected chi connectivity index (χ0v) is 13.1. The molecule has 1 N–H and O–H groups in total. The summed E-state index contributed by atoms with van der Waals surface area (Å²) in [7, 11) is 0. The van der Waals surface area contributed by atoms with E-state index >= 15 is 0 Å². The van der Waals surface area contributed by atoms with Crippen LogP contribution >= 0.6 is 27.5 Å². The Balaban J connectivity index is 2.13. The molecule has 0 heterocycles. The minimum absolute atomic E-state index is 0.0305. The minimum atomic E-state index is -0.397. The molecule has 5 heteroatoms. The number of carbonyl (C=O) groups is 1. The lowest BCUT2D eigenvalue weighted by atomic mass is 10.1. The average Bonchev–Trinajstić information content (AvgIpc) is 2.38. The molecule has 104 valence electrons. The van der Waals surface area contributed by atoms with Crippen molar-refractivity contribution >= 4 is 39.1 Å². The number of halogens is 3. The van der Waals surface area contributed by atoms with Crippen molar-refractivity contribution in [2.45, 2.75) is 13.3 Å². The minimum Gasteiger partial charge on any atom is -0.326 e. The predicted molar refractivity (Wildman–Crippen MR) is 82.6 cm³/mol. The third-order valence-electron chi connectivity index (χ3n) is 2.83. The molecule has 0 aliphatic carbocycles. The number of nitrogens with one attached hydrogen (secondary N) is 1. The largest absolute Gasteiger partial charge is 0.326 e. The fourth-order valence-corrected chi connectivity index (χ4v) is 2.36. The van der Waals surface area contributed by atoms with Gasteiger partial charge in [-0.1, -0.05) is 33.6 Å². The number of hydrogen-bond donors (Lipinski definition) is 1. The molecule has 0 fully saturated rings. The molecule has 0 saturated heterocycles. The molecule has 2 nitrogen and oxygen atoms in total. The molecule has 0 aromatic heterocycles. The summed E-state index contributed by atoms with van der Waals surface area (Å²) < 4.78 is 14.3. The van der Waals surface area contributed by atoms with E-state index in [1.54, 1.807) is 24.3 Å². The summed E-state index contributed by atoms with van der Waals surface area (Å²) in [5.41, 5.74) is 1.88. The van der Waals surface area contributed by atoms with Gasteiger partial charge in [-0.2, -0.15) is 0 Å². The molecule has 2 aromatic carbocycles. The van der Waals surface area contributed by atoms with Crippen LogP contribution in [-0.2, 0) is 11.2 Å². The zero-order chi connectivity index (χ0) is 14.7. The van der Waals surface area contributed by atoms with Gasteiger partial charge in [-0.05, 0) is 48.4 Å². The fourth-order valence-electron chi connectivity index (χ4n) is 1.78. The standard InChI is InChI=1S/C15H12BrClFNO/c1-9-2-4-12(17)8-14(9)19-15(20)7-10-6-11(16)3-5-13(10)18/h2-6,8H,7H2,1H3,(H,19,20). The second-order valence-electron chi connectivity index (χ2n) is 4.42. The number of amides is 1. The Hall–Kier alpha value is -1.39. The van der Waals surface area contributed by atoms with Crippen molar-refractivity contribution in [1.82, 2.24) is 0 Å². The number of hydrogen-bond acceptors (Lipinski definition) is 1. The van der Waals surface area contributed by atoms with Crippen LogP contribution < -0.4 is 5.32 Å². The Labute approximate surface area is 130 Å². The van der Waals surface area contributed by atoms with E-state index in [2.05, 4.69) is 21.2 Å². The maximum atomic E-state index is 13.6. The summed E-state index contributed by atoms with van der Waals surface area (Å²) in [6.45, 7) is 1.87. The molecule has 0 unspecified atom stereocenters. The quantitative estimate of drug-likeness (QED) is 0.846. The van der Waals surface area contributed by atoms with Crippen LogP contribution in [0.15, 0.2) is 40.9 Å². The maximum Gasteiger partial charge on any atom is 0.228 e. The summed E-state index contributed by atoms with van der Waals surface area (Å²) >= 11 is 9.15. The molecule has 20 heavy (non-hydrogen) atoms. The molecule has 0 saturated carbocycles. The van der Waals surface area contributed by atoms with E-state index in [9.17, 15) is 9.18 Å². The van der Waals surface area contributed by atoms with Gasteiger partial charge in [0, 0.05) is 15.2 Å².